The molecule has 4 aliphatic rings. The van der Waals surface area contributed by atoms with Crippen LogP contribution in [-0.2, 0) is 6.54 Å². The van der Waals surface area contributed by atoms with E-state index in [1.165, 1.54) is 32.1 Å². The first-order chi connectivity index (χ1) is 12.5. The Morgan fingerprint density at radius 2 is 1.85 bits per heavy atom. The summed E-state index contributed by atoms with van der Waals surface area (Å²) in [7, 11) is 0. The topological polar surface area (TPSA) is 60.1 Å². The molecule has 4 saturated carbocycles. The Kier molecular flexibility index (Phi) is 3.73. The van der Waals surface area contributed by atoms with Crippen LogP contribution >= 0.6 is 0 Å². The highest BCUT2D eigenvalue weighted by molar-refractivity contribution is 5.91. The van der Waals surface area contributed by atoms with E-state index < -0.39 is 0 Å². The smallest absolute Gasteiger partial charge is 0.287 e. The van der Waals surface area contributed by atoms with E-state index in [1.54, 1.807) is 6.07 Å². The highest BCUT2D eigenvalue weighted by atomic mass is 16.4. The van der Waals surface area contributed by atoms with Crippen molar-refractivity contribution in [3.05, 3.63) is 41.1 Å². The molecule has 0 aromatic carbocycles. The molecular weight excluding hydrogens is 326 g/mol. The zero-order chi connectivity index (χ0) is 17.8. The molecule has 2 aromatic rings. The number of rotatable bonds is 4. The lowest BCUT2D eigenvalue weighted by molar-refractivity contribution is -0.0123. The van der Waals surface area contributed by atoms with Crippen molar-refractivity contribution in [1.82, 2.24) is 15.1 Å². The van der Waals surface area contributed by atoms with Gasteiger partial charge < -0.3 is 9.73 Å². The van der Waals surface area contributed by atoms with E-state index in [2.05, 4.69) is 10.4 Å². The predicted molar refractivity (Wildman–Crippen MR) is 97.8 cm³/mol. The molecule has 4 bridgehead atoms. The van der Waals surface area contributed by atoms with Crippen LogP contribution in [0.3, 0.4) is 0 Å². The first-order valence-electron chi connectivity index (χ1n) is 9.96. The minimum Gasteiger partial charge on any atom is -0.454 e. The van der Waals surface area contributed by atoms with Gasteiger partial charge in [-0.3, -0.25) is 9.48 Å². The number of hydrogen-bond acceptors (Lipinski definition) is 3. The molecule has 1 N–H and O–H groups in total. The highest BCUT2D eigenvalue weighted by Gasteiger charge is 2.48. The van der Waals surface area contributed by atoms with Gasteiger partial charge in [-0.2, -0.15) is 5.10 Å². The van der Waals surface area contributed by atoms with Gasteiger partial charge in [-0.25, -0.2) is 0 Å². The maximum Gasteiger partial charge on any atom is 0.287 e. The van der Waals surface area contributed by atoms with E-state index in [0.29, 0.717) is 30.2 Å². The molecule has 0 atom stereocenters. The molecular formula is C21H27N3O2. The van der Waals surface area contributed by atoms with Gasteiger partial charge in [0.05, 0.1) is 12.2 Å². The van der Waals surface area contributed by atoms with Crippen LogP contribution in [0.25, 0.3) is 0 Å². The van der Waals surface area contributed by atoms with E-state index >= 15 is 0 Å². The summed E-state index contributed by atoms with van der Waals surface area (Å²) < 4.78 is 7.74. The van der Waals surface area contributed by atoms with Crippen LogP contribution in [0.4, 0.5) is 0 Å². The Labute approximate surface area is 154 Å². The van der Waals surface area contributed by atoms with Gasteiger partial charge in [0.25, 0.3) is 5.91 Å². The fourth-order valence-electron chi connectivity index (χ4n) is 5.95. The monoisotopic (exact) mass is 353 g/mol. The predicted octanol–water partition coefficient (Wildman–Crippen LogP) is 3.70. The molecule has 2 aromatic heterocycles. The van der Waals surface area contributed by atoms with E-state index in [4.69, 9.17) is 4.42 Å². The Morgan fingerprint density at radius 3 is 2.46 bits per heavy atom. The van der Waals surface area contributed by atoms with Crippen LogP contribution in [0.1, 0.15) is 59.8 Å². The number of hydrogen-bond donors (Lipinski definition) is 1. The van der Waals surface area contributed by atoms with E-state index in [-0.39, 0.29) is 5.91 Å². The standard InChI is InChI=1S/C21H27N3O2/c1-12-5-13(2)24(23-12)11-18-3-4-19(26-18)21(25)22-20-16-7-14-6-15(9-16)10-17(20)8-14/h3-5,14-17,20H,6-11H2,1-2H3,(H,22,25). The molecule has 0 unspecified atom stereocenters. The van der Waals surface area contributed by atoms with Gasteiger partial charge in [0.2, 0.25) is 0 Å². The molecule has 2 heterocycles. The molecule has 0 saturated heterocycles. The summed E-state index contributed by atoms with van der Waals surface area (Å²) in [6, 6.07) is 6.08. The van der Waals surface area contributed by atoms with Crippen LogP contribution in [-0.4, -0.2) is 21.7 Å². The minimum absolute atomic E-state index is 0.0536. The molecule has 1 amide bonds. The Hall–Kier alpha value is -2.04. The number of carbonyl (C=O) groups is 1. The lowest BCUT2D eigenvalue weighted by Crippen LogP contribution is -2.55. The Bertz CT molecular complexity index is 806. The van der Waals surface area contributed by atoms with Crippen LogP contribution in [0.2, 0.25) is 0 Å². The first kappa shape index (κ1) is 16.2. The lowest BCUT2D eigenvalue weighted by atomic mass is 9.54. The number of furan rings is 1. The van der Waals surface area contributed by atoms with Gasteiger partial charge in [-0.15, -0.1) is 0 Å². The Morgan fingerprint density at radius 1 is 1.15 bits per heavy atom. The summed E-state index contributed by atoms with van der Waals surface area (Å²) in [4.78, 5) is 12.7. The maximum atomic E-state index is 12.7. The van der Waals surface area contributed by atoms with Crippen LogP contribution in [0.5, 0.6) is 0 Å². The molecule has 4 aliphatic carbocycles. The number of aromatic nitrogens is 2. The molecule has 0 aliphatic heterocycles. The molecule has 26 heavy (non-hydrogen) atoms. The molecule has 4 fully saturated rings. The summed E-state index contributed by atoms with van der Waals surface area (Å²) in [5.74, 6) is 4.34. The molecule has 138 valence electrons. The van der Waals surface area contributed by atoms with E-state index in [0.717, 1.165) is 29.0 Å². The van der Waals surface area contributed by atoms with Crippen molar-refractivity contribution in [2.45, 2.75) is 58.5 Å². The summed E-state index contributed by atoms with van der Waals surface area (Å²) >= 11 is 0. The van der Waals surface area contributed by atoms with Gasteiger partial charge >= 0.3 is 0 Å². The second-order valence-electron chi connectivity index (χ2n) is 8.78. The summed E-state index contributed by atoms with van der Waals surface area (Å²) in [6.45, 7) is 4.57. The van der Waals surface area contributed by atoms with Crippen molar-refractivity contribution < 1.29 is 9.21 Å². The summed E-state index contributed by atoms with van der Waals surface area (Å²) in [5, 5.41) is 7.77. The second-order valence-corrected chi connectivity index (χ2v) is 8.78. The van der Waals surface area contributed by atoms with Gasteiger partial charge in [0.1, 0.15) is 5.76 Å². The number of amides is 1. The van der Waals surface area contributed by atoms with Gasteiger partial charge in [-0.05, 0) is 87.8 Å². The van der Waals surface area contributed by atoms with Crippen molar-refractivity contribution in [3.8, 4) is 0 Å². The average Bonchev–Trinajstić information content (AvgIpc) is 3.17. The normalized spacial score (nSPS) is 32.2. The molecule has 5 nitrogen and oxygen atoms in total. The molecule has 0 radical (unpaired) electrons. The van der Waals surface area contributed by atoms with Crippen LogP contribution < -0.4 is 5.32 Å². The molecule has 0 spiro atoms. The SMILES string of the molecule is Cc1cc(C)n(Cc2ccc(C(=O)NC3C4CC5CC(C4)CC3C5)o2)n1. The molecule has 6 rings (SSSR count). The average molecular weight is 353 g/mol. The van der Waals surface area contributed by atoms with Gasteiger partial charge in [-0.1, -0.05) is 0 Å². The largest absolute Gasteiger partial charge is 0.454 e. The van der Waals surface area contributed by atoms with Crippen molar-refractivity contribution in [2.24, 2.45) is 23.7 Å². The number of nitrogens with zero attached hydrogens (tertiary/aromatic N) is 2. The van der Waals surface area contributed by atoms with E-state index in [9.17, 15) is 4.79 Å². The second kappa shape index (κ2) is 6.00. The molecule has 5 heteroatoms. The van der Waals surface area contributed by atoms with Crippen molar-refractivity contribution in [3.63, 3.8) is 0 Å². The fraction of sp³-hybridized carbons (Fsp3) is 0.619. The third kappa shape index (κ3) is 2.78. The quantitative estimate of drug-likeness (QED) is 0.912. The summed E-state index contributed by atoms with van der Waals surface area (Å²) in [6.07, 6.45) is 6.65. The Balaban J connectivity index is 1.26. The van der Waals surface area contributed by atoms with E-state index in [1.807, 2.05) is 30.7 Å². The highest BCUT2D eigenvalue weighted by Crippen LogP contribution is 2.53. The minimum atomic E-state index is -0.0536. The van der Waals surface area contributed by atoms with Crippen LogP contribution in [0, 0.1) is 37.5 Å². The fourth-order valence-corrected chi connectivity index (χ4v) is 5.95. The maximum absolute atomic E-state index is 12.7. The first-order valence-corrected chi connectivity index (χ1v) is 9.96. The zero-order valence-electron chi connectivity index (χ0n) is 15.6. The van der Waals surface area contributed by atoms with Gasteiger partial charge in [0, 0.05) is 11.7 Å². The lowest BCUT2D eigenvalue weighted by Gasteiger charge is -2.54. The number of aryl methyl sites for hydroxylation is 2. The van der Waals surface area contributed by atoms with Gasteiger partial charge in [0.15, 0.2) is 5.76 Å². The number of carbonyl (C=O) groups excluding carboxylic acids is 1. The van der Waals surface area contributed by atoms with Crippen molar-refractivity contribution in [2.75, 3.05) is 0 Å². The zero-order valence-corrected chi connectivity index (χ0v) is 15.6. The van der Waals surface area contributed by atoms with Crippen LogP contribution in [0.15, 0.2) is 22.6 Å². The van der Waals surface area contributed by atoms with Crippen molar-refractivity contribution >= 4 is 5.91 Å². The number of nitrogens with one attached hydrogen (secondary N) is 1. The van der Waals surface area contributed by atoms with Crippen molar-refractivity contribution in [1.29, 1.82) is 0 Å². The third-order valence-corrected chi connectivity index (χ3v) is 6.82. The summed E-state index contributed by atoms with van der Waals surface area (Å²) in [5.41, 5.74) is 2.09. The third-order valence-electron chi connectivity index (χ3n) is 6.82.